The Morgan fingerprint density at radius 3 is 2.72 bits per heavy atom. The van der Waals surface area contributed by atoms with Gasteiger partial charge in [0.2, 0.25) is 5.91 Å². The summed E-state index contributed by atoms with van der Waals surface area (Å²) in [6, 6.07) is 5.52. The Kier molecular flexibility index (Phi) is 4.51. The number of hydrogen-bond donors (Lipinski definition) is 0. The average Bonchev–Trinajstić information content (AvgIpc) is 2.90. The van der Waals surface area contributed by atoms with Gasteiger partial charge in [-0.3, -0.25) is 4.79 Å². The van der Waals surface area contributed by atoms with Crippen LogP contribution in [-0.2, 0) is 4.79 Å². The van der Waals surface area contributed by atoms with Crippen LogP contribution in [0.25, 0.3) is 0 Å². The van der Waals surface area contributed by atoms with Gasteiger partial charge in [0, 0.05) is 23.1 Å². The van der Waals surface area contributed by atoms with Crippen molar-refractivity contribution in [3.8, 4) is 5.75 Å². The minimum absolute atomic E-state index is 0.0365. The van der Waals surface area contributed by atoms with Crippen molar-refractivity contribution in [1.29, 1.82) is 0 Å². The Morgan fingerprint density at radius 1 is 1.44 bits per heavy atom. The first-order chi connectivity index (χ1) is 8.63. The Balaban J connectivity index is 2.24. The molecule has 1 aliphatic heterocycles. The van der Waals surface area contributed by atoms with E-state index in [2.05, 4.69) is 15.9 Å². The molecular weight excluding hydrogens is 318 g/mol. The Labute approximate surface area is 120 Å². The maximum absolute atomic E-state index is 12.2. The van der Waals surface area contributed by atoms with Gasteiger partial charge in [0.1, 0.15) is 11.1 Å². The summed E-state index contributed by atoms with van der Waals surface area (Å²) in [5, 5.41) is -0.685. The molecular formula is C13H15BrClNO2. The number of rotatable bonds is 3. The van der Waals surface area contributed by atoms with Gasteiger partial charge in [-0.25, -0.2) is 0 Å². The molecule has 1 heterocycles. The van der Waals surface area contributed by atoms with Gasteiger partial charge in [-0.1, -0.05) is 15.9 Å². The monoisotopic (exact) mass is 331 g/mol. The van der Waals surface area contributed by atoms with E-state index in [1.54, 1.807) is 7.11 Å². The van der Waals surface area contributed by atoms with Crippen LogP contribution in [0.3, 0.4) is 0 Å². The van der Waals surface area contributed by atoms with Gasteiger partial charge < -0.3 is 9.64 Å². The van der Waals surface area contributed by atoms with E-state index in [-0.39, 0.29) is 5.91 Å². The highest BCUT2D eigenvalue weighted by Gasteiger charge is 2.28. The summed E-state index contributed by atoms with van der Waals surface area (Å²) < 4.78 is 6.15. The molecule has 5 heteroatoms. The molecule has 1 fully saturated rings. The third-order valence-electron chi connectivity index (χ3n) is 3.10. The average molecular weight is 333 g/mol. The standard InChI is InChI=1S/C13H15BrClNO2/c1-18-11-5-4-9(14)8-10(11)12(15)13(17)16-6-2-3-7-16/h4-5,8,12H,2-3,6-7H2,1H3. The highest BCUT2D eigenvalue weighted by atomic mass is 79.9. The SMILES string of the molecule is COc1ccc(Br)cc1C(Cl)C(=O)N1CCCC1. The van der Waals surface area contributed by atoms with Crippen LogP contribution >= 0.6 is 27.5 Å². The van der Waals surface area contributed by atoms with Crippen molar-refractivity contribution in [2.24, 2.45) is 0 Å². The molecule has 1 saturated heterocycles. The zero-order valence-electron chi connectivity index (χ0n) is 10.2. The number of hydrogen-bond acceptors (Lipinski definition) is 2. The normalized spacial score (nSPS) is 16.7. The molecule has 0 bridgehead atoms. The first-order valence-corrected chi connectivity index (χ1v) is 7.12. The highest BCUT2D eigenvalue weighted by Crippen LogP contribution is 2.34. The van der Waals surface area contributed by atoms with Gasteiger partial charge in [0.15, 0.2) is 0 Å². The molecule has 3 nitrogen and oxygen atoms in total. The van der Waals surface area contributed by atoms with E-state index in [9.17, 15) is 4.79 Å². The van der Waals surface area contributed by atoms with Crippen LogP contribution in [-0.4, -0.2) is 31.0 Å². The smallest absolute Gasteiger partial charge is 0.245 e. The first kappa shape index (κ1) is 13.7. The zero-order valence-corrected chi connectivity index (χ0v) is 12.5. The van der Waals surface area contributed by atoms with Crippen molar-refractivity contribution in [3.05, 3.63) is 28.2 Å². The second kappa shape index (κ2) is 5.93. The van der Waals surface area contributed by atoms with Gasteiger partial charge >= 0.3 is 0 Å². The number of benzene rings is 1. The first-order valence-electron chi connectivity index (χ1n) is 5.90. The quantitative estimate of drug-likeness (QED) is 0.794. The molecule has 1 amide bonds. The molecule has 0 saturated carbocycles. The van der Waals surface area contributed by atoms with Crippen molar-refractivity contribution in [2.45, 2.75) is 18.2 Å². The second-order valence-electron chi connectivity index (χ2n) is 4.28. The number of carbonyl (C=O) groups is 1. The molecule has 0 spiro atoms. The molecule has 0 radical (unpaired) electrons. The molecule has 2 rings (SSSR count). The maximum Gasteiger partial charge on any atom is 0.245 e. The van der Waals surface area contributed by atoms with E-state index >= 15 is 0 Å². The van der Waals surface area contributed by atoms with Crippen molar-refractivity contribution in [3.63, 3.8) is 0 Å². The molecule has 0 N–H and O–H groups in total. The lowest BCUT2D eigenvalue weighted by Gasteiger charge is -2.20. The van der Waals surface area contributed by atoms with Crippen LogP contribution in [0.5, 0.6) is 5.75 Å². The molecule has 0 aromatic heterocycles. The number of carbonyl (C=O) groups excluding carboxylic acids is 1. The third kappa shape index (κ3) is 2.81. The lowest BCUT2D eigenvalue weighted by atomic mass is 10.1. The fraction of sp³-hybridized carbons (Fsp3) is 0.462. The summed E-state index contributed by atoms with van der Waals surface area (Å²) >= 11 is 9.69. The van der Waals surface area contributed by atoms with Crippen molar-refractivity contribution >= 4 is 33.4 Å². The minimum atomic E-state index is -0.685. The lowest BCUT2D eigenvalue weighted by molar-refractivity contribution is -0.129. The van der Waals surface area contributed by atoms with Crippen LogP contribution in [0.15, 0.2) is 22.7 Å². The number of amides is 1. The fourth-order valence-electron chi connectivity index (χ4n) is 2.13. The minimum Gasteiger partial charge on any atom is -0.496 e. The third-order valence-corrected chi connectivity index (χ3v) is 4.01. The topological polar surface area (TPSA) is 29.5 Å². The Hall–Kier alpha value is -0.740. The van der Waals surface area contributed by atoms with Crippen molar-refractivity contribution in [2.75, 3.05) is 20.2 Å². The predicted octanol–water partition coefficient (Wildman–Crippen LogP) is 3.36. The zero-order chi connectivity index (χ0) is 13.1. The van der Waals surface area contributed by atoms with Crippen LogP contribution in [0.2, 0.25) is 0 Å². The molecule has 1 aromatic carbocycles. The van der Waals surface area contributed by atoms with Crippen LogP contribution in [0, 0.1) is 0 Å². The summed E-state index contributed by atoms with van der Waals surface area (Å²) in [4.78, 5) is 14.1. The number of alkyl halides is 1. The summed E-state index contributed by atoms with van der Waals surface area (Å²) in [6.07, 6.45) is 2.12. The molecule has 1 unspecified atom stereocenters. The van der Waals surface area contributed by atoms with E-state index in [4.69, 9.17) is 16.3 Å². The number of nitrogens with zero attached hydrogens (tertiary/aromatic N) is 1. The number of methoxy groups -OCH3 is 1. The number of ether oxygens (including phenoxy) is 1. The lowest BCUT2D eigenvalue weighted by Crippen LogP contribution is -2.30. The number of halogens is 2. The van der Waals surface area contributed by atoms with Crippen LogP contribution in [0.4, 0.5) is 0 Å². The van der Waals surface area contributed by atoms with Crippen LogP contribution < -0.4 is 4.74 Å². The Bertz CT molecular complexity index is 447. The molecule has 0 aliphatic carbocycles. The largest absolute Gasteiger partial charge is 0.496 e. The van der Waals surface area contributed by atoms with E-state index in [0.717, 1.165) is 30.4 Å². The van der Waals surface area contributed by atoms with Gasteiger partial charge in [0.25, 0.3) is 0 Å². The second-order valence-corrected chi connectivity index (χ2v) is 5.63. The van der Waals surface area contributed by atoms with Crippen LogP contribution in [0.1, 0.15) is 23.8 Å². The molecule has 1 aromatic rings. The van der Waals surface area contributed by atoms with Gasteiger partial charge in [-0.2, -0.15) is 0 Å². The molecule has 18 heavy (non-hydrogen) atoms. The van der Waals surface area contributed by atoms with Crippen molar-refractivity contribution < 1.29 is 9.53 Å². The summed E-state index contributed by atoms with van der Waals surface area (Å²) in [7, 11) is 1.58. The molecule has 1 atom stereocenters. The van der Waals surface area contributed by atoms with E-state index in [1.807, 2.05) is 23.1 Å². The Morgan fingerprint density at radius 2 is 2.11 bits per heavy atom. The van der Waals surface area contributed by atoms with Gasteiger partial charge in [-0.15, -0.1) is 11.6 Å². The van der Waals surface area contributed by atoms with E-state index in [1.165, 1.54) is 0 Å². The predicted molar refractivity (Wildman–Crippen MR) is 75.1 cm³/mol. The van der Waals surface area contributed by atoms with Gasteiger partial charge in [0.05, 0.1) is 7.11 Å². The number of likely N-dealkylation sites (tertiary alicyclic amines) is 1. The fourth-order valence-corrected chi connectivity index (χ4v) is 2.82. The van der Waals surface area contributed by atoms with Crippen molar-refractivity contribution in [1.82, 2.24) is 4.90 Å². The summed E-state index contributed by atoms with van der Waals surface area (Å²) in [5.41, 5.74) is 0.713. The van der Waals surface area contributed by atoms with E-state index < -0.39 is 5.38 Å². The van der Waals surface area contributed by atoms with Gasteiger partial charge in [-0.05, 0) is 31.0 Å². The molecule has 1 aliphatic rings. The maximum atomic E-state index is 12.2. The summed E-state index contributed by atoms with van der Waals surface area (Å²) in [5.74, 6) is 0.608. The van der Waals surface area contributed by atoms with E-state index in [0.29, 0.717) is 11.3 Å². The highest BCUT2D eigenvalue weighted by molar-refractivity contribution is 9.10. The molecule has 98 valence electrons. The summed E-state index contributed by atoms with van der Waals surface area (Å²) in [6.45, 7) is 1.61.